The quantitative estimate of drug-likeness (QED) is 0.662. The molecule has 0 saturated carbocycles. The number of halogens is 2. The van der Waals surface area contributed by atoms with Gasteiger partial charge >= 0.3 is 0 Å². The van der Waals surface area contributed by atoms with Crippen LogP contribution in [0.2, 0.25) is 5.28 Å². The molecule has 0 saturated heterocycles. The maximum atomic E-state index is 13.3. The molecule has 1 aromatic carbocycles. The van der Waals surface area contributed by atoms with E-state index in [0.717, 1.165) is 29.4 Å². The van der Waals surface area contributed by atoms with Crippen molar-refractivity contribution in [2.75, 3.05) is 4.90 Å². The Bertz CT molecular complexity index is 907. The van der Waals surface area contributed by atoms with Gasteiger partial charge in [-0.3, -0.25) is 4.57 Å². The zero-order valence-corrected chi connectivity index (χ0v) is 13.9. The molecule has 0 spiro atoms. The monoisotopic (exact) mass is 344 g/mol. The second-order valence-corrected chi connectivity index (χ2v) is 5.90. The van der Waals surface area contributed by atoms with Gasteiger partial charge in [0.2, 0.25) is 5.28 Å². The average Bonchev–Trinajstić information content (AvgIpc) is 2.96. The van der Waals surface area contributed by atoms with E-state index in [4.69, 9.17) is 11.6 Å². The van der Waals surface area contributed by atoms with Gasteiger partial charge in [0, 0.05) is 5.69 Å². The molecule has 0 N–H and O–H groups in total. The number of aryl methyl sites for hydroxylation is 1. The van der Waals surface area contributed by atoms with E-state index in [-0.39, 0.29) is 17.1 Å². The molecule has 1 aliphatic rings. The number of nitrogens with zero attached hydrogens (tertiary/aromatic N) is 6. The fourth-order valence-electron chi connectivity index (χ4n) is 3.11. The molecule has 4 rings (SSSR count). The third-order valence-corrected chi connectivity index (χ3v) is 4.32. The Balaban J connectivity index is 1.99. The summed E-state index contributed by atoms with van der Waals surface area (Å²) in [4.78, 5) is 10.5. The topological polar surface area (TPSA) is 59.7 Å². The third kappa shape index (κ3) is 2.16. The van der Waals surface area contributed by atoms with Crippen molar-refractivity contribution in [3.05, 3.63) is 53.2 Å². The van der Waals surface area contributed by atoms with Crippen LogP contribution >= 0.6 is 11.6 Å². The molecule has 0 amide bonds. The summed E-state index contributed by atoms with van der Waals surface area (Å²) in [5.41, 5.74) is 1.57. The van der Waals surface area contributed by atoms with Gasteiger partial charge in [-0.25, -0.2) is 9.37 Å². The molecular weight excluding hydrogens is 331 g/mol. The Kier molecular flexibility index (Phi) is 3.45. The van der Waals surface area contributed by atoms with E-state index in [2.05, 4.69) is 27.1 Å². The first-order chi connectivity index (χ1) is 11.6. The molecule has 0 bridgehead atoms. The standard InChI is InChI=1S/C16H14ClFN6/c1-3-12-15-22-21-9(2)23(15)13-8-19-16(17)20-14(13)24(12)11-6-4-10(18)5-7-11/h4-8,12H,3H2,1-2H3. The molecular formula is C16H14ClFN6. The molecule has 0 fully saturated rings. The van der Waals surface area contributed by atoms with Crippen molar-refractivity contribution >= 4 is 23.1 Å². The van der Waals surface area contributed by atoms with Crippen molar-refractivity contribution in [3.8, 4) is 5.69 Å². The first kappa shape index (κ1) is 15.0. The lowest BCUT2D eigenvalue weighted by atomic mass is 10.1. The number of hydrogen-bond donors (Lipinski definition) is 0. The van der Waals surface area contributed by atoms with Crippen LogP contribution in [0.4, 0.5) is 15.9 Å². The molecule has 0 radical (unpaired) electrons. The van der Waals surface area contributed by atoms with Crippen molar-refractivity contribution in [1.29, 1.82) is 0 Å². The fraction of sp³-hybridized carbons (Fsp3) is 0.250. The Labute approximate surface area is 142 Å². The van der Waals surface area contributed by atoms with Gasteiger partial charge in [0.1, 0.15) is 17.3 Å². The van der Waals surface area contributed by atoms with Crippen molar-refractivity contribution in [1.82, 2.24) is 24.7 Å². The van der Waals surface area contributed by atoms with Crippen LogP contribution in [0.5, 0.6) is 0 Å². The van der Waals surface area contributed by atoms with Gasteiger partial charge in [-0.15, -0.1) is 10.2 Å². The van der Waals surface area contributed by atoms with Crippen LogP contribution in [-0.4, -0.2) is 24.7 Å². The fourth-order valence-corrected chi connectivity index (χ4v) is 3.23. The molecule has 122 valence electrons. The molecule has 3 heterocycles. The summed E-state index contributed by atoms with van der Waals surface area (Å²) >= 11 is 6.04. The van der Waals surface area contributed by atoms with Crippen molar-refractivity contribution in [2.45, 2.75) is 26.3 Å². The zero-order chi connectivity index (χ0) is 16.8. The Morgan fingerprint density at radius 2 is 1.96 bits per heavy atom. The molecule has 1 unspecified atom stereocenters. The lowest BCUT2D eigenvalue weighted by molar-refractivity contribution is 0.586. The summed E-state index contributed by atoms with van der Waals surface area (Å²) in [5, 5.41) is 8.69. The number of hydrogen-bond acceptors (Lipinski definition) is 5. The predicted molar refractivity (Wildman–Crippen MR) is 88.3 cm³/mol. The first-order valence-corrected chi connectivity index (χ1v) is 7.97. The number of aromatic nitrogens is 5. The highest BCUT2D eigenvalue weighted by atomic mass is 35.5. The normalized spacial score (nSPS) is 16.0. The summed E-state index contributed by atoms with van der Waals surface area (Å²) < 4.78 is 15.3. The summed E-state index contributed by atoms with van der Waals surface area (Å²) in [5.74, 6) is 1.93. The van der Waals surface area contributed by atoms with E-state index in [9.17, 15) is 4.39 Å². The van der Waals surface area contributed by atoms with E-state index in [1.54, 1.807) is 18.3 Å². The smallest absolute Gasteiger partial charge is 0.224 e. The Hall–Kier alpha value is -2.54. The van der Waals surface area contributed by atoms with E-state index < -0.39 is 0 Å². The van der Waals surface area contributed by atoms with E-state index in [1.807, 2.05) is 16.4 Å². The van der Waals surface area contributed by atoms with Crippen LogP contribution in [0.25, 0.3) is 5.69 Å². The average molecular weight is 345 g/mol. The SMILES string of the molecule is CCC1c2nnc(C)n2-c2cnc(Cl)nc2N1c1ccc(F)cc1. The minimum atomic E-state index is -0.288. The second-order valence-electron chi connectivity index (χ2n) is 5.56. The third-order valence-electron chi connectivity index (χ3n) is 4.14. The maximum Gasteiger partial charge on any atom is 0.224 e. The lowest BCUT2D eigenvalue weighted by Gasteiger charge is -2.37. The minimum Gasteiger partial charge on any atom is -0.314 e. The summed E-state index contributed by atoms with van der Waals surface area (Å²) in [7, 11) is 0. The Morgan fingerprint density at radius 3 is 2.67 bits per heavy atom. The molecule has 24 heavy (non-hydrogen) atoms. The largest absolute Gasteiger partial charge is 0.314 e. The number of rotatable bonds is 2. The molecule has 8 heteroatoms. The molecule has 6 nitrogen and oxygen atoms in total. The maximum absolute atomic E-state index is 13.3. The van der Waals surface area contributed by atoms with Crippen molar-refractivity contribution in [2.24, 2.45) is 0 Å². The summed E-state index contributed by atoms with van der Waals surface area (Å²) in [6.07, 6.45) is 2.43. The molecule has 3 aromatic rings. The highest BCUT2D eigenvalue weighted by Crippen LogP contribution is 2.43. The molecule has 0 aliphatic carbocycles. The molecule has 1 aliphatic heterocycles. The van der Waals surface area contributed by atoms with Crippen molar-refractivity contribution < 1.29 is 4.39 Å². The van der Waals surface area contributed by atoms with Crippen LogP contribution in [0.15, 0.2) is 30.5 Å². The van der Waals surface area contributed by atoms with Gasteiger partial charge in [-0.1, -0.05) is 6.92 Å². The molecule has 2 aromatic heterocycles. The van der Waals surface area contributed by atoms with Gasteiger partial charge in [-0.05, 0) is 49.2 Å². The number of anilines is 2. The van der Waals surface area contributed by atoms with E-state index in [0.29, 0.717) is 5.82 Å². The van der Waals surface area contributed by atoms with Crippen LogP contribution in [0.3, 0.4) is 0 Å². The summed E-state index contributed by atoms with van der Waals surface area (Å²) in [6.45, 7) is 3.94. The number of benzene rings is 1. The number of fused-ring (bicyclic) bond motifs is 3. The summed E-state index contributed by atoms with van der Waals surface area (Å²) in [6, 6.07) is 6.20. The van der Waals surface area contributed by atoms with Gasteiger partial charge in [0.25, 0.3) is 0 Å². The van der Waals surface area contributed by atoms with Crippen LogP contribution in [0, 0.1) is 12.7 Å². The van der Waals surface area contributed by atoms with Gasteiger partial charge in [0.15, 0.2) is 11.6 Å². The van der Waals surface area contributed by atoms with E-state index >= 15 is 0 Å². The highest BCUT2D eigenvalue weighted by Gasteiger charge is 2.35. The highest BCUT2D eigenvalue weighted by molar-refractivity contribution is 6.28. The minimum absolute atomic E-state index is 0.0878. The van der Waals surface area contributed by atoms with E-state index in [1.165, 1.54) is 12.1 Å². The Morgan fingerprint density at radius 1 is 1.21 bits per heavy atom. The lowest BCUT2D eigenvalue weighted by Crippen LogP contribution is -2.32. The van der Waals surface area contributed by atoms with Gasteiger partial charge in [0.05, 0.1) is 12.2 Å². The van der Waals surface area contributed by atoms with Gasteiger partial charge < -0.3 is 4.90 Å². The van der Waals surface area contributed by atoms with Gasteiger partial charge in [-0.2, -0.15) is 4.98 Å². The van der Waals surface area contributed by atoms with Crippen LogP contribution in [0.1, 0.15) is 31.0 Å². The predicted octanol–water partition coefficient (Wildman–Crippen LogP) is 3.76. The van der Waals surface area contributed by atoms with Crippen molar-refractivity contribution in [3.63, 3.8) is 0 Å². The van der Waals surface area contributed by atoms with Crippen LogP contribution < -0.4 is 4.90 Å². The van der Waals surface area contributed by atoms with Crippen LogP contribution in [-0.2, 0) is 0 Å². The molecule has 1 atom stereocenters. The first-order valence-electron chi connectivity index (χ1n) is 7.59. The second kappa shape index (κ2) is 5.52. The zero-order valence-electron chi connectivity index (χ0n) is 13.1.